The van der Waals surface area contributed by atoms with Crippen LogP contribution in [0.5, 0.6) is 0 Å². The van der Waals surface area contributed by atoms with E-state index >= 15 is 0 Å². The Bertz CT molecular complexity index is 1070. The average molecular weight is 392 g/mol. The SMILES string of the molecule is C=C(/C=c1/ccc(-c2ccc(/C(C)=C(\C#N)C(N)=O)o2)cc1=C)N(C)C.CCC. The topological polar surface area (TPSA) is 83.3 Å². The molecule has 5 heteroatoms. The fourth-order valence-corrected chi connectivity index (χ4v) is 2.35. The molecule has 1 aromatic heterocycles. The minimum Gasteiger partial charge on any atom is -0.456 e. The molecule has 0 saturated carbocycles. The summed E-state index contributed by atoms with van der Waals surface area (Å²) in [5.41, 5.74) is 7.23. The van der Waals surface area contributed by atoms with Crippen molar-refractivity contribution in [2.45, 2.75) is 27.2 Å². The molecule has 0 aliphatic carbocycles. The highest BCUT2D eigenvalue weighted by Crippen LogP contribution is 2.26. The third-order valence-electron chi connectivity index (χ3n) is 4.03. The summed E-state index contributed by atoms with van der Waals surface area (Å²) in [6, 6.07) is 11.1. The van der Waals surface area contributed by atoms with Crippen LogP contribution in [0, 0.1) is 11.3 Å². The number of nitriles is 1. The zero-order valence-electron chi connectivity index (χ0n) is 17.9. The quantitative estimate of drug-likeness (QED) is 0.625. The Hall–Kier alpha value is -3.52. The minimum absolute atomic E-state index is 0.115. The van der Waals surface area contributed by atoms with E-state index in [0.29, 0.717) is 17.1 Å². The molecule has 0 saturated heterocycles. The first-order valence-electron chi connectivity index (χ1n) is 9.34. The predicted molar refractivity (Wildman–Crippen MR) is 120 cm³/mol. The zero-order chi connectivity index (χ0) is 22.1. The molecule has 29 heavy (non-hydrogen) atoms. The van der Waals surface area contributed by atoms with Gasteiger partial charge in [0.15, 0.2) is 0 Å². The van der Waals surface area contributed by atoms with Gasteiger partial charge in [0.05, 0.1) is 0 Å². The van der Waals surface area contributed by atoms with Gasteiger partial charge in [-0.25, -0.2) is 0 Å². The molecule has 152 valence electrons. The van der Waals surface area contributed by atoms with Gasteiger partial charge >= 0.3 is 0 Å². The van der Waals surface area contributed by atoms with Gasteiger partial charge in [-0.3, -0.25) is 4.79 Å². The van der Waals surface area contributed by atoms with Gasteiger partial charge in [-0.1, -0.05) is 45.6 Å². The van der Waals surface area contributed by atoms with E-state index in [9.17, 15) is 4.79 Å². The van der Waals surface area contributed by atoms with Crippen LogP contribution in [0.3, 0.4) is 0 Å². The fraction of sp³-hybridized carbons (Fsp3) is 0.250. The zero-order valence-corrected chi connectivity index (χ0v) is 17.9. The molecule has 5 nitrogen and oxygen atoms in total. The number of benzene rings is 1. The standard InChI is InChI=1S/C21H21N3O2.C3H8/c1-13-10-17(7-6-16(13)11-14(2)24(4)5)20-9-8-19(26-20)15(3)18(12-22)21(23)25;1-3-2/h6-11H,1-2H2,3-5H3,(H2,23,25);3H2,1-2H3/b16-11-,18-15+;. The third kappa shape index (κ3) is 6.25. The van der Waals surface area contributed by atoms with Gasteiger partial charge in [0, 0.05) is 30.9 Å². The molecule has 1 aromatic carbocycles. The number of carbonyl (C=O) groups is 1. The Morgan fingerprint density at radius 1 is 1.28 bits per heavy atom. The molecular weight excluding hydrogens is 362 g/mol. The molecule has 0 fully saturated rings. The molecule has 2 aromatic rings. The number of hydrogen-bond donors (Lipinski definition) is 1. The summed E-state index contributed by atoms with van der Waals surface area (Å²) >= 11 is 0. The number of amides is 1. The largest absolute Gasteiger partial charge is 0.456 e. The van der Waals surface area contributed by atoms with E-state index < -0.39 is 5.91 Å². The maximum Gasteiger partial charge on any atom is 0.259 e. The summed E-state index contributed by atoms with van der Waals surface area (Å²) in [4.78, 5) is 13.2. The second kappa shape index (κ2) is 10.7. The first-order chi connectivity index (χ1) is 13.7. The van der Waals surface area contributed by atoms with Gasteiger partial charge in [0.25, 0.3) is 5.91 Å². The number of nitrogens with two attached hydrogens (primary N) is 1. The molecule has 0 radical (unpaired) electrons. The maximum absolute atomic E-state index is 11.3. The number of nitrogens with zero attached hydrogens (tertiary/aromatic N) is 2. The van der Waals surface area contributed by atoms with Gasteiger partial charge in [0.2, 0.25) is 0 Å². The molecule has 1 heterocycles. The number of allylic oxidation sites excluding steroid dienone is 2. The van der Waals surface area contributed by atoms with Crippen molar-refractivity contribution in [2.75, 3.05) is 14.1 Å². The molecule has 0 spiro atoms. The van der Waals surface area contributed by atoms with Crippen LogP contribution >= 0.6 is 0 Å². The summed E-state index contributed by atoms with van der Waals surface area (Å²) in [7, 11) is 3.86. The van der Waals surface area contributed by atoms with Crippen LogP contribution in [0.1, 0.15) is 33.0 Å². The van der Waals surface area contributed by atoms with Gasteiger partial charge in [0.1, 0.15) is 23.2 Å². The third-order valence-corrected chi connectivity index (χ3v) is 4.03. The van der Waals surface area contributed by atoms with Crippen LogP contribution in [0.4, 0.5) is 0 Å². The summed E-state index contributed by atoms with van der Waals surface area (Å²) in [5.74, 6) is 0.269. The number of furan rings is 1. The summed E-state index contributed by atoms with van der Waals surface area (Å²) < 4.78 is 5.80. The Morgan fingerprint density at radius 3 is 2.38 bits per heavy atom. The second-order valence-corrected chi connectivity index (χ2v) is 6.79. The molecular formula is C24H29N3O2. The van der Waals surface area contributed by atoms with Crippen LogP contribution in [0.15, 0.2) is 52.6 Å². The van der Waals surface area contributed by atoms with Gasteiger partial charge in [-0.15, -0.1) is 0 Å². The fourth-order valence-electron chi connectivity index (χ4n) is 2.35. The molecule has 0 unspecified atom stereocenters. The highest BCUT2D eigenvalue weighted by molar-refractivity contribution is 6.03. The lowest BCUT2D eigenvalue weighted by Crippen LogP contribution is -2.24. The summed E-state index contributed by atoms with van der Waals surface area (Å²) in [6.45, 7) is 13.9. The molecule has 0 bridgehead atoms. The van der Waals surface area contributed by atoms with E-state index in [0.717, 1.165) is 21.7 Å². The van der Waals surface area contributed by atoms with E-state index in [1.807, 2.05) is 49.3 Å². The van der Waals surface area contributed by atoms with Crippen molar-refractivity contribution in [2.24, 2.45) is 5.73 Å². The van der Waals surface area contributed by atoms with Crippen molar-refractivity contribution in [3.05, 3.63) is 64.4 Å². The lowest BCUT2D eigenvalue weighted by atomic mass is 10.1. The van der Waals surface area contributed by atoms with Gasteiger partial charge in [-0.05, 0) is 41.6 Å². The van der Waals surface area contributed by atoms with Crippen LogP contribution in [0.25, 0.3) is 29.6 Å². The predicted octanol–water partition coefficient (Wildman–Crippen LogP) is 3.41. The molecule has 0 aliphatic heterocycles. The van der Waals surface area contributed by atoms with Crippen molar-refractivity contribution in [1.82, 2.24) is 4.90 Å². The molecule has 1 amide bonds. The molecule has 0 aliphatic rings. The Labute approximate surface area is 172 Å². The molecule has 2 rings (SSSR count). The van der Waals surface area contributed by atoms with Crippen LogP contribution in [-0.2, 0) is 4.79 Å². The number of rotatable bonds is 5. The lowest BCUT2D eigenvalue weighted by molar-refractivity contribution is -0.114. The molecule has 0 atom stereocenters. The lowest BCUT2D eigenvalue weighted by Gasteiger charge is -2.11. The van der Waals surface area contributed by atoms with E-state index in [4.69, 9.17) is 15.4 Å². The van der Waals surface area contributed by atoms with Gasteiger partial charge in [-0.2, -0.15) is 5.26 Å². The highest BCUT2D eigenvalue weighted by Gasteiger charge is 2.14. The van der Waals surface area contributed by atoms with E-state index in [-0.39, 0.29) is 5.57 Å². The van der Waals surface area contributed by atoms with Crippen molar-refractivity contribution in [3.8, 4) is 17.4 Å². The van der Waals surface area contributed by atoms with Crippen LogP contribution in [-0.4, -0.2) is 24.9 Å². The van der Waals surface area contributed by atoms with Crippen molar-refractivity contribution in [1.29, 1.82) is 5.26 Å². The van der Waals surface area contributed by atoms with E-state index in [1.54, 1.807) is 19.1 Å². The molecule has 2 N–H and O–H groups in total. The van der Waals surface area contributed by atoms with Crippen molar-refractivity contribution >= 4 is 24.1 Å². The second-order valence-electron chi connectivity index (χ2n) is 6.79. The average Bonchev–Trinajstić information content (AvgIpc) is 3.14. The minimum atomic E-state index is -0.774. The summed E-state index contributed by atoms with van der Waals surface area (Å²) in [6.07, 6.45) is 3.21. The first-order valence-corrected chi connectivity index (χ1v) is 9.34. The number of primary amides is 1. The number of hydrogen-bond acceptors (Lipinski definition) is 4. The van der Waals surface area contributed by atoms with E-state index in [2.05, 4.69) is 27.0 Å². The van der Waals surface area contributed by atoms with Crippen molar-refractivity contribution < 1.29 is 9.21 Å². The van der Waals surface area contributed by atoms with E-state index in [1.165, 1.54) is 6.42 Å². The number of carbonyl (C=O) groups excluding carboxylic acids is 1. The normalized spacial score (nSPS) is 11.7. The van der Waals surface area contributed by atoms with Crippen LogP contribution in [0.2, 0.25) is 0 Å². The Morgan fingerprint density at radius 2 is 1.90 bits per heavy atom. The maximum atomic E-state index is 11.3. The highest BCUT2D eigenvalue weighted by atomic mass is 16.3. The van der Waals surface area contributed by atoms with Crippen molar-refractivity contribution in [3.63, 3.8) is 0 Å². The Kier molecular flexibility index (Phi) is 8.69. The monoisotopic (exact) mass is 391 g/mol. The van der Waals surface area contributed by atoms with Gasteiger partial charge < -0.3 is 15.1 Å². The Balaban J connectivity index is 0.00000132. The smallest absolute Gasteiger partial charge is 0.259 e. The first kappa shape index (κ1) is 23.5. The van der Waals surface area contributed by atoms with Crippen LogP contribution < -0.4 is 16.2 Å². The summed E-state index contributed by atoms with van der Waals surface area (Å²) in [5, 5.41) is 10.9.